The van der Waals surface area contributed by atoms with E-state index in [2.05, 4.69) is 5.32 Å². The molecule has 0 radical (unpaired) electrons. The summed E-state index contributed by atoms with van der Waals surface area (Å²) in [6, 6.07) is 0. The SMILES string of the molecule is CNC(=O)CCC(=O)OCC1OCCC1O. The zero-order valence-corrected chi connectivity index (χ0v) is 9.27. The first-order valence-electron chi connectivity index (χ1n) is 5.29. The van der Waals surface area contributed by atoms with Crippen molar-refractivity contribution in [3.05, 3.63) is 0 Å². The van der Waals surface area contributed by atoms with Crippen LogP contribution in [0.15, 0.2) is 0 Å². The highest BCUT2D eigenvalue weighted by Crippen LogP contribution is 2.13. The summed E-state index contributed by atoms with van der Waals surface area (Å²) in [5.41, 5.74) is 0. The molecule has 6 nitrogen and oxygen atoms in total. The minimum Gasteiger partial charge on any atom is -0.463 e. The molecule has 1 saturated heterocycles. The van der Waals surface area contributed by atoms with Crippen molar-refractivity contribution in [3.63, 3.8) is 0 Å². The molecule has 0 aromatic heterocycles. The number of hydrogen-bond acceptors (Lipinski definition) is 5. The molecule has 0 bridgehead atoms. The number of carbonyl (C=O) groups is 2. The second-order valence-electron chi connectivity index (χ2n) is 3.62. The lowest BCUT2D eigenvalue weighted by molar-refractivity contribution is -0.149. The molecule has 1 aliphatic rings. The maximum atomic E-state index is 11.2. The van der Waals surface area contributed by atoms with Crippen LogP contribution in [0.25, 0.3) is 0 Å². The Hall–Kier alpha value is -1.14. The van der Waals surface area contributed by atoms with Gasteiger partial charge in [-0.05, 0) is 6.42 Å². The highest BCUT2D eigenvalue weighted by molar-refractivity contribution is 5.80. The first kappa shape index (κ1) is 12.9. The van der Waals surface area contributed by atoms with E-state index >= 15 is 0 Å². The molecule has 1 fully saturated rings. The predicted octanol–water partition coefficient (Wildman–Crippen LogP) is -0.794. The van der Waals surface area contributed by atoms with E-state index in [-0.39, 0.29) is 25.4 Å². The molecule has 0 saturated carbocycles. The van der Waals surface area contributed by atoms with E-state index in [1.807, 2.05) is 0 Å². The normalized spacial score (nSPS) is 24.1. The van der Waals surface area contributed by atoms with E-state index in [1.165, 1.54) is 7.05 Å². The topological polar surface area (TPSA) is 84.9 Å². The molecule has 1 heterocycles. The molecule has 1 amide bonds. The third-order valence-electron chi connectivity index (χ3n) is 2.42. The average molecular weight is 231 g/mol. The average Bonchev–Trinajstić information content (AvgIpc) is 2.69. The number of nitrogens with one attached hydrogen (secondary N) is 1. The first-order chi connectivity index (χ1) is 7.63. The Bertz CT molecular complexity index is 256. The smallest absolute Gasteiger partial charge is 0.306 e. The van der Waals surface area contributed by atoms with Crippen LogP contribution in [-0.4, -0.2) is 49.5 Å². The highest BCUT2D eigenvalue weighted by atomic mass is 16.6. The van der Waals surface area contributed by atoms with E-state index in [4.69, 9.17) is 9.47 Å². The molecule has 2 N–H and O–H groups in total. The van der Waals surface area contributed by atoms with Gasteiger partial charge in [0.15, 0.2) is 0 Å². The Kier molecular flexibility index (Phi) is 5.21. The minimum atomic E-state index is -0.563. The molecular weight excluding hydrogens is 214 g/mol. The van der Waals surface area contributed by atoms with Gasteiger partial charge in [-0.2, -0.15) is 0 Å². The lowest BCUT2D eigenvalue weighted by atomic mass is 10.2. The molecule has 0 aromatic rings. The lowest BCUT2D eigenvalue weighted by Gasteiger charge is -2.13. The minimum absolute atomic E-state index is 0.0441. The molecule has 6 heteroatoms. The van der Waals surface area contributed by atoms with Crippen molar-refractivity contribution in [2.45, 2.75) is 31.5 Å². The Morgan fingerprint density at radius 3 is 2.81 bits per heavy atom. The van der Waals surface area contributed by atoms with Crippen LogP contribution < -0.4 is 5.32 Å². The fourth-order valence-electron chi connectivity index (χ4n) is 1.38. The summed E-state index contributed by atoms with van der Waals surface area (Å²) in [4.78, 5) is 22.0. The van der Waals surface area contributed by atoms with E-state index in [1.54, 1.807) is 0 Å². The van der Waals surface area contributed by atoms with Crippen molar-refractivity contribution in [2.75, 3.05) is 20.3 Å². The second kappa shape index (κ2) is 6.44. The van der Waals surface area contributed by atoms with Crippen molar-refractivity contribution in [3.8, 4) is 0 Å². The fraction of sp³-hybridized carbons (Fsp3) is 0.800. The van der Waals surface area contributed by atoms with Crippen LogP contribution in [0.3, 0.4) is 0 Å². The maximum Gasteiger partial charge on any atom is 0.306 e. The van der Waals surface area contributed by atoms with Gasteiger partial charge in [0.05, 0.1) is 12.5 Å². The van der Waals surface area contributed by atoms with Gasteiger partial charge in [0.25, 0.3) is 0 Å². The van der Waals surface area contributed by atoms with Gasteiger partial charge in [-0.1, -0.05) is 0 Å². The van der Waals surface area contributed by atoms with Gasteiger partial charge in [0.2, 0.25) is 5.91 Å². The molecule has 1 rings (SSSR count). The summed E-state index contributed by atoms with van der Waals surface area (Å²) in [6.07, 6.45) is -0.262. The predicted molar refractivity (Wildman–Crippen MR) is 54.6 cm³/mol. The summed E-state index contributed by atoms with van der Waals surface area (Å²) in [7, 11) is 1.51. The number of carbonyl (C=O) groups excluding carboxylic acids is 2. The molecule has 0 aromatic carbocycles. The Morgan fingerprint density at radius 2 is 2.25 bits per heavy atom. The first-order valence-corrected chi connectivity index (χ1v) is 5.29. The van der Waals surface area contributed by atoms with Crippen LogP contribution >= 0.6 is 0 Å². The van der Waals surface area contributed by atoms with Gasteiger partial charge in [-0.25, -0.2) is 0 Å². The van der Waals surface area contributed by atoms with Crippen LogP contribution in [0.4, 0.5) is 0 Å². The van der Waals surface area contributed by atoms with Gasteiger partial charge in [0, 0.05) is 20.1 Å². The number of hydrogen-bond donors (Lipinski definition) is 2. The van der Waals surface area contributed by atoms with E-state index in [0.29, 0.717) is 13.0 Å². The van der Waals surface area contributed by atoms with E-state index in [9.17, 15) is 14.7 Å². The summed E-state index contributed by atoms with van der Waals surface area (Å²) >= 11 is 0. The van der Waals surface area contributed by atoms with Crippen molar-refractivity contribution in [1.82, 2.24) is 5.32 Å². The van der Waals surface area contributed by atoms with Crippen LogP contribution in [-0.2, 0) is 19.1 Å². The summed E-state index contributed by atoms with van der Waals surface area (Å²) in [6.45, 7) is 0.537. The van der Waals surface area contributed by atoms with Gasteiger partial charge in [-0.3, -0.25) is 9.59 Å². The molecule has 1 aliphatic heterocycles. The third kappa shape index (κ3) is 4.16. The van der Waals surface area contributed by atoms with Crippen molar-refractivity contribution < 1.29 is 24.2 Å². The van der Waals surface area contributed by atoms with E-state index in [0.717, 1.165) is 0 Å². The highest BCUT2D eigenvalue weighted by Gasteiger charge is 2.27. The number of amides is 1. The molecule has 0 aliphatic carbocycles. The van der Waals surface area contributed by atoms with Crippen LogP contribution in [0.5, 0.6) is 0 Å². The van der Waals surface area contributed by atoms with Gasteiger partial charge in [0.1, 0.15) is 12.7 Å². The quantitative estimate of drug-likeness (QED) is 0.605. The molecule has 2 unspecified atom stereocenters. The number of ether oxygens (including phenoxy) is 2. The van der Waals surface area contributed by atoms with Crippen molar-refractivity contribution in [1.29, 1.82) is 0 Å². The Balaban J connectivity index is 2.12. The zero-order valence-electron chi connectivity index (χ0n) is 9.27. The van der Waals surface area contributed by atoms with Crippen LogP contribution in [0.1, 0.15) is 19.3 Å². The molecule has 92 valence electrons. The summed E-state index contributed by atoms with van der Waals surface area (Å²) < 4.78 is 10.0. The fourth-order valence-corrected chi connectivity index (χ4v) is 1.38. The standard InChI is InChI=1S/C10H17NO5/c1-11-9(13)2-3-10(14)16-6-8-7(12)4-5-15-8/h7-8,12H,2-6H2,1H3,(H,11,13). The zero-order chi connectivity index (χ0) is 12.0. The molecule has 2 atom stereocenters. The van der Waals surface area contributed by atoms with Gasteiger partial charge >= 0.3 is 5.97 Å². The number of rotatable bonds is 5. The summed E-state index contributed by atoms with van der Waals surface area (Å²) in [5.74, 6) is -0.652. The van der Waals surface area contributed by atoms with Crippen LogP contribution in [0.2, 0.25) is 0 Å². The Labute approximate surface area is 93.9 Å². The van der Waals surface area contributed by atoms with Crippen molar-refractivity contribution in [2.24, 2.45) is 0 Å². The number of aliphatic hydroxyl groups is 1. The van der Waals surface area contributed by atoms with Gasteiger partial charge < -0.3 is 19.9 Å². The molecule has 16 heavy (non-hydrogen) atoms. The largest absolute Gasteiger partial charge is 0.463 e. The van der Waals surface area contributed by atoms with Crippen LogP contribution in [0, 0.1) is 0 Å². The maximum absolute atomic E-state index is 11.2. The van der Waals surface area contributed by atoms with E-state index < -0.39 is 18.2 Å². The second-order valence-corrected chi connectivity index (χ2v) is 3.62. The lowest BCUT2D eigenvalue weighted by Crippen LogP contribution is -2.28. The summed E-state index contributed by atoms with van der Waals surface area (Å²) in [5, 5.41) is 11.8. The monoisotopic (exact) mass is 231 g/mol. The number of esters is 1. The Morgan fingerprint density at radius 1 is 1.50 bits per heavy atom. The van der Waals surface area contributed by atoms with Gasteiger partial charge in [-0.15, -0.1) is 0 Å². The number of aliphatic hydroxyl groups excluding tert-OH is 1. The third-order valence-corrected chi connectivity index (χ3v) is 2.42. The van der Waals surface area contributed by atoms with Crippen molar-refractivity contribution >= 4 is 11.9 Å². The molecular formula is C10H17NO5. The molecule has 0 spiro atoms.